The first-order valence-corrected chi connectivity index (χ1v) is 6.50. The number of carbonyl (C=O) groups excluding carboxylic acids is 2. The topological polar surface area (TPSA) is 84.2 Å². The third kappa shape index (κ3) is 3.54. The van der Waals surface area contributed by atoms with Gasteiger partial charge in [-0.05, 0) is 44.0 Å². The third-order valence-corrected chi connectivity index (χ3v) is 3.47. The summed E-state index contributed by atoms with van der Waals surface area (Å²) in [4.78, 5) is 23.0. The number of nitrogens with one attached hydrogen (secondary N) is 2. The van der Waals surface area contributed by atoms with E-state index in [4.69, 9.17) is 5.73 Å². The molecule has 1 saturated heterocycles. The molecule has 5 heteroatoms. The number of hydrogen-bond acceptors (Lipinski definition) is 3. The van der Waals surface area contributed by atoms with Crippen LogP contribution in [0.15, 0.2) is 24.3 Å². The largest absolute Gasteiger partial charge is 0.366 e. The van der Waals surface area contributed by atoms with Crippen molar-refractivity contribution in [2.45, 2.75) is 25.8 Å². The summed E-state index contributed by atoms with van der Waals surface area (Å²) in [6.45, 7) is 2.84. The van der Waals surface area contributed by atoms with Crippen molar-refractivity contribution in [2.75, 3.05) is 11.9 Å². The number of carbonyl (C=O) groups is 2. The van der Waals surface area contributed by atoms with Crippen LogP contribution >= 0.6 is 0 Å². The summed E-state index contributed by atoms with van der Waals surface area (Å²) in [6, 6.07) is 7.09. The van der Waals surface area contributed by atoms with Crippen LogP contribution in [0.5, 0.6) is 0 Å². The summed E-state index contributed by atoms with van der Waals surface area (Å²) in [5.74, 6) is -0.443. The molecule has 1 aliphatic heterocycles. The van der Waals surface area contributed by atoms with E-state index in [1.165, 1.54) is 0 Å². The van der Waals surface area contributed by atoms with E-state index >= 15 is 0 Å². The Hall–Kier alpha value is -1.88. The molecule has 1 fully saturated rings. The molecule has 2 atom stereocenters. The van der Waals surface area contributed by atoms with Crippen LogP contribution in [0.2, 0.25) is 0 Å². The van der Waals surface area contributed by atoms with Crippen molar-refractivity contribution in [2.24, 2.45) is 11.7 Å². The Morgan fingerprint density at radius 3 is 2.47 bits per heavy atom. The van der Waals surface area contributed by atoms with Gasteiger partial charge in [0.05, 0.1) is 5.92 Å². The number of anilines is 1. The summed E-state index contributed by atoms with van der Waals surface area (Å²) >= 11 is 0. The van der Waals surface area contributed by atoms with Gasteiger partial charge in [-0.3, -0.25) is 9.59 Å². The zero-order valence-electron chi connectivity index (χ0n) is 11.0. The van der Waals surface area contributed by atoms with Gasteiger partial charge in [-0.1, -0.05) is 0 Å². The zero-order chi connectivity index (χ0) is 13.8. The lowest BCUT2D eigenvalue weighted by atomic mass is 9.95. The number of benzene rings is 1. The molecular formula is C14H19N3O2. The number of amides is 2. The maximum absolute atomic E-state index is 12.1. The van der Waals surface area contributed by atoms with E-state index in [9.17, 15) is 9.59 Å². The lowest BCUT2D eigenvalue weighted by Gasteiger charge is -2.26. The van der Waals surface area contributed by atoms with Crippen molar-refractivity contribution >= 4 is 17.5 Å². The highest BCUT2D eigenvalue weighted by atomic mass is 16.2. The van der Waals surface area contributed by atoms with Gasteiger partial charge in [0, 0.05) is 23.8 Å². The smallest absolute Gasteiger partial charge is 0.248 e. The molecule has 0 saturated carbocycles. The van der Waals surface area contributed by atoms with Crippen LogP contribution in [0, 0.1) is 5.92 Å². The lowest BCUT2D eigenvalue weighted by Crippen LogP contribution is -2.41. The predicted molar refractivity (Wildman–Crippen MR) is 73.8 cm³/mol. The maximum atomic E-state index is 12.1. The van der Waals surface area contributed by atoms with Crippen LogP contribution in [-0.2, 0) is 4.79 Å². The average molecular weight is 261 g/mol. The second-order valence-electron chi connectivity index (χ2n) is 5.01. The second-order valence-corrected chi connectivity index (χ2v) is 5.01. The van der Waals surface area contributed by atoms with E-state index in [2.05, 4.69) is 17.6 Å². The van der Waals surface area contributed by atoms with E-state index in [1.54, 1.807) is 24.3 Å². The van der Waals surface area contributed by atoms with E-state index < -0.39 is 5.91 Å². The molecule has 2 unspecified atom stereocenters. The van der Waals surface area contributed by atoms with Crippen LogP contribution in [0.25, 0.3) is 0 Å². The van der Waals surface area contributed by atoms with Crippen molar-refractivity contribution in [3.63, 3.8) is 0 Å². The SMILES string of the molecule is CC1CCC(C(=O)Nc2ccc(C(N)=O)cc2)CN1. The van der Waals surface area contributed by atoms with Crippen LogP contribution in [-0.4, -0.2) is 24.4 Å². The third-order valence-electron chi connectivity index (χ3n) is 3.47. The minimum atomic E-state index is -0.469. The summed E-state index contributed by atoms with van der Waals surface area (Å²) in [5.41, 5.74) is 6.29. The van der Waals surface area contributed by atoms with Gasteiger partial charge < -0.3 is 16.4 Å². The van der Waals surface area contributed by atoms with Gasteiger partial charge in [-0.25, -0.2) is 0 Å². The Bertz CT molecular complexity index is 462. The van der Waals surface area contributed by atoms with E-state index in [-0.39, 0.29) is 11.8 Å². The number of primary amides is 1. The van der Waals surface area contributed by atoms with Crippen LogP contribution in [0.3, 0.4) is 0 Å². The summed E-state index contributed by atoms with van der Waals surface area (Å²) < 4.78 is 0. The number of piperidine rings is 1. The predicted octanol–water partition coefficient (Wildman–Crippen LogP) is 1.11. The highest BCUT2D eigenvalue weighted by molar-refractivity contribution is 5.95. The van der Waals surface area contributed by atoms with Gasteiger partial charge in [0.1, 0.15) is 0 Å². The van der Waals surface area contributed by atoms with Crippen molar-refractivity contribution in [3.05, 3.63) is 29.8 Å². The first-order valence-electron chi connectivity index (χ1n) is 6.50. The second kappa shape index (κ2) is 5.84. The normalized spacial score (nSPS) is 22.8. The molecular weight excluding hydrogens is 242 g/mol. The molecule has 0 radical (unpaired) electrons. The Balaban J connectivity index is 1.93. The fourth-order valence-corrected chi connectivity index (χ4v) is 2.18. The molecule has 0 aliphatic carbocycles. The molecule has 5 nitrogen and oxygen atoms in total. The highest BCUT2D eigenvalue weighted by Crippen LogP contribution is 2.17. The molecule has 2 amide bonds. The molecule has 0 bridgehead atoms. The van der Waals surface area contributed by atoms with Crippen LogP contribution in [0.4, 0.5) is 5.69 Å². The Morgan fingerprint density at radius 1 is 1.26 bits per heavy atom. The maximum Gasteiger partial charge on any atom is 0.248 e. The summed E-state index contributed by atoms with van der Waals surface area (Å²) in [7, 11) is 0. The minimum absolute atomic E-state index is 0.00650. The van der Waals surface area contributed by atoms with E-state index in [1.807, 2.05) is 0 Å². The van der Waals surface area contributed by atoms with Crippen molar-refractivity contribution in [1.82, 2.24) is 5.32 Å². The van der Waals surface area contributed by atoms with Gasteiger partial charge in [-0.2, -0.15) is 0 Å². The highest BCUT2D eigenvalue weighted by Gasteiger charge is 2.23. The molecule has 0 aromatic heterocycles. The molecule has 1 aromatic carbocycles. The molecule has 102 valence electrons. The molecule has 2 rings (SSSR count). The lowest BCUT2D eigenvalue weighted by molar-refractivity contribution is -0.120. The van der Waals surface area contributed by atoms with Crippen molar-refractivity contribution in [3.8, 4) is 0 Å². The van der Waals surface area contributed by atoms with E-state index in [0.717, 1.165) is 12.8 Å². The fraction of sp³-hybridized carbons (Fsp3) is 0.429. The van der Waals surface area contributed by atoms with Gasteiger partial charge >= 0.3 is 0 Å². The van der Waals surface area contributed by atoms with Crippen LogP contribution in [0.1, 0.15) is 30.1 Å². The monoisotopic (exact) mass is 261 g/mol. The quantitative estimate of drug-likeness (QED) is 0.762. The van der Waals surface area contributed by atoms with Gasteiger partial charge in [0.15, 0.2) is 0 Å². The first-order chi connectivity index (χ1) is 9.06. The molecule has 0 spiro atoms. The minimum Gasteiger partial charge on any atom is -0.366 e. The molecule has 1 heterocycles. The zero-order valence-corrected chi connectivity index (χ0v) is 11.0. The fourth-order valence-electron chi connectivity index (χ4n) is 2.18. The van der Waals surface area contributed by atoms with Crippen LogP contribution < -0.4 is 16.4 Å². The Kier molecular flexibility index (Phi) is 4.16. The van der Waals surface area contributed by atoms with Crippen molar-refractivity contribution in [1.29, 1.82) is 0 Å². The Labute approximate surface area is 112 Å². The number of hydrogen-bond donors (Lipinski definition) is 3. The first kappa shape index (κ1) is 13.5. The Morgan fingerprint density at radius 2 is 1.95 bits per heavy atom. The molecule has 4 N–H and O–H groups in total. The van der Waals surface area contributed by atoms with E-state index in [0.29, 0.717) is 23.8 Å². The number of rotatable bonds is 3. The van der Waals surface area contributed by atoms with Gasteiger partial charge in [0.25, 0.3) is 0 Å². The molecule has 1 aromatic rings. The average Bonchev–Trinajstić information content (AvgIpc) is 2.40. The summed E-state index contributed by atoms with van der Waals surface area (Å²) in [6.07, 6.45) is 1.91. The molecule has 19 heavy (non-hydrogen) atoms. The number of nitrogens with two attached hydrogens (primary N) is 1. The van der Waals surface area contributed by atoms with Crippen molar-refractivity contribution < 1.29 is 9.59 Å². The van der Waals surface area contributed by atoms with Gasteiger partial charge in [-0.15, -0.1) is 0 Å². The standard InChI is InChI=1S/C14H19N3O2/c1-9-2-3-11(8-16-9)14(19)17-12-6-4-10(5-7-12)13(15)18/h4-7,9,11,16H,2-3,8H2,1H3,(H2,15,18)(H,17,19). The van der Waals surface area contributed by atoms with Gasteiger partial charge in [0.2, 0.25) is 11.8 Å². The summed E-state index contributed by atoms with van der Waals surface area (Å²) in [5, 5.41) is 6.16. The molecule has 1 aliphatic rings.